The number of benzene rings is 1. The van der Waals surface area contributed by atoms with E-state index in [4.69, 9.17) is 11.6 Å². The maximum absolute atomic E-state index is 13.1. The minimum Gasteiger partial charge on any atom is -0.303 e. The Kier molecular flexibility index (Phi) is 3.34. The normalized spacial score (nSPS) is 11.5. The lowest BCUT2D eigenvalue weighted by Gasteiger charge is -2.09. The van der Waals surface area contributed by atoms with Crippen LogP contribution in [0.1, 0.15) is 11.1 Å². The molecule has 6 heteroatoms. The third kappa shape index (κ3) is 2.68. The van der Waals surface area contributed by atoms with Crippen LogP contribution in [0.15, 0.2) is 12.1 Å². The maximum Gasteiger partial charge on any atom is 0.416 e. The molecule has 0 amide bonds. The predicted molar refractivity (Wildman–Crippen MR) is 46.2 cm³/mol. The molecule has 0 aliphatic carbocycles. The molecule has 0 saturated heterocycles. The van der Waals surface area contributed by atoms with Gasteiger partial charge in [0.15, 0.2) is 0 Å². The first-order valence-corrected chi connectivity index (χ1v) is 4.23. The standard InChI is InChI=1S/C9H5ClF4O/c10-7-4-6(9(12,13)14)3-5(1-2-15)8(7)11/h2-4H,1H2. The van der Waals surface area contributed by atoms with E-state index in [9.17, 15) is 22.4 Å². The summed E-state index contributed by atoms with van der Waals surface area (Å²) >= 11 is 5.27. The molecule has 0 saturated carbocycles. The lowest BCUT2D eigenvalue weighted by molar-refractivity contribution is -0.137. The molecule has 1 nitrogen and oxygen atoms in total. The van der Waals surface area contributed by atoms with Crippen molar-refractivity contribution in [1.29, 1.82) is 0 Å². The molecule has 0 unspecified atom stereocenters. The Morgan fingerprint density at radius 3 is 2.40 bits per heavy atom. The van der Waals surface area contributed by atoms with Crippen LogP contribution in [0, 0.1) is 5.82 Å². The van der Waals surface area contributed by atoms with Crippen molar-refractivity contribution in [2.75, 3.05) is 0 Å². The van der Waals surface area contributed by atoms with Crippen LogP contribution in [0.2, 0.25) is 5.02 Å². The van der Waals surface area contributed by atoms with Crippen LogP contribution in [0.4, 0.5) is 17.6 Å². The minimum absolute atomic E-state index is 0.314. The van der Waals surface area contributed by atoms with E-state index in [0.717, 1.165) is 0 Å². The highest BCUT2D eigenvalue weighted by atomic mass is 35.5. The number of aldehydes is 1. The molecular weight excluding hydrogens is 236 g/mol. The number of halogens is 5. The van der Waals surface area contributed by atoms with Crippen molar-refractivity contribution in [2.24, 2.45) is 0 Å². The summed E-state index contributed by atoms with van der Waals surface area (Å²) in [5.74, 6) is -0.989. The quantitative estimate of drug-likeness (QED) is 0.573. The molecular formula is C9H5ClF4O. The topological polar surface area (TPSA) is 17.1 Å². The Morgan fingerprint density at radius 1 is 1.33 bits per heavy atom. The zero-order chi connectivity index (χ0) is 11.6. The highest BCUT2D eigenvalue weighted by Crippen LogP contribution is 2.33. The minimum atomic E-state index is -4.60. The van der Waals surface area contributed by atoms with Crippen LogP contribution in [0.3, 0.4) is 0 Å². The summed E-state index contributed by atoms with van der Waals surface area (Å²) in [6.45, 7) is 0. The van der Waals surface area contributed by atoms with Crippen LogP contribution < -0.4 is 0 Å². The van der Waals surface area contributed by atoms with Crippen LogP contribution in [0.25, 0.3) is 0 Å². The maximum atomic E-state index is 13.1. The van der Waals surface area contributed by atoms with Crippen LogP contribution in [-0.2, 0) is 17.4 Å². The van der Waals surface area contributed by atoms with Gasteiger partial charge in [-0.05, 0) is 17.7 Å². The van der Waals surface area contributed by atoms with E-state index >= 15 is 0 Å². The average Bonchev–Trinajstić information content (AvgIpc) is 2.11. The third-order valence-electron chi connectivity index (χ3n) is 1.73. The highest BCUT2D eigenvalue weighted by Gasteiger charge is 2.32. The lowest BCUT2D eigenvalue weighted by Crippen LogP contribution is -2.07. The number of carbonyl (C=O) groups is 1. The molecule has 1 aromatic rings. The molecule has 0 aliphatic rings. The molecule has 0 aliphatic heterocycles. The molecule has 1 aromatic carbocycles. The Balaban J connectivity index is 3.29. The Bertz CT molecular complexity index is 386. The van der Waals surface area contributed by atoms with Gasteiger partial charge in [-0.15, -0.1) is 0 Å². The van der Waals surface area contributed by atoms with Crippen LogP contribution in [0.5, 0.6) is 0 Å². The molecule has 0 radical (unpaired) electrons. The second-order valence-electron chi connectivity index (χ2n) is 2.80. The summed E-state index contributed by atoms with van der Waals surface area (Å²) in [5, 5.41) is -0.637. The van der Waals surface area contributed by atoms with Crippen LogP contribution >= 0.6 is 11.6 Å². The van der Waals surface area contributed by atoms with Gasteiger partial charge in [-0.25, -0.2) is 4.39 Å². The number of alkyl halides is 3. The fourth-order valence-corrected chi connectivity index (χ4v) is 1.29. The molecule has 0 atom stereocenters. The fourth-order valence-electron chi connectivity index (χ4n) is 1.05. The average molecular weight is 241 g/mol. The van der Waals surface area contributed by atoms with Crippen molar-refractivity contribution in [3.05, 3.63) is 34.1 Å². The highest BCUT2D eigenvalue weighted by molar-refractivity contribution is 6.30. The number of hydrogen-bond donors (Lipinski definition) is 0. The summed E-state index contributed by atoms with van der Waals surface area (Å²) in [7, 11) is 0. The molecule has 0 spiro atoms. The van der Waals surface area contributed by atoms with E-state index in [1.165, 1.54) is 0 Å². The summed E-state index contributed by atoms with van der Waals surface area (Å²) < 4.78 is 49.9. The van der Waals surface area contributed by atoms with Gasteiger partial charge in [0.25, 0.3) is 0 Å². The first kappa shape index (κ1) is 12.0. The van der Waals surface area contributed by atoms with E-state index in [1.807, 2.05) is 0 Å². The molecule has 0 aromatic heterocycles. The van der Waals surface area contributed by atoms with Gasteiger partial charge in [-0.1, -0.05) is 11.6 Å². The van der Waals surface area contributed by atoms with Gasteiger partial charge in [0, 0.05) is 6.42 Å². The van der Waals surface area contributed by atoms with Crippen molar-refractivity contribution in [2.45, 2.75) is 12.6 Å². The second-order valence-corrected chi connectivity index (χ2v) is 3.21. The summed E-state index contributed by atoms with van der Waals surface area (Å²) in [4.78, 5) is 10.1. The molecule has 0 heterocycles. The number of hydrogen-bond acceptors (Lipinski definition) is 1. The first-order valence-electron chi connectivity index (χ1n) is 3.85. The summed E-state index contributed by atoms with van der Waals surface area (Å²) in [6, 6.07) is 1.07. The van der Waals surface area contributed by atoms with Gasteiger partial charge >= 0.3 is 6.18 Å². The van der Waals surface area contributed by atoms with Crippen molar-refractivity contribution in [3.8, 4) is 0 Å². The SMILES string of the molecule is O=CCc1cc(C(F)(F)F)cc(Cl)c1F. The van der Waals surface area contributed by atoms with Crippen molar-refractivity contribution in [3.63, 3.8) is 0 Å². The fraction of sp³-hybridized carbons (Fsp3) is 0.222. The van der Waals surface area contributed by atoms with E-state index in [-0.39, 0.29) is 5.56 Å². The van der Waals surface area contributed by atoms with Gasteiger partial charge in [0.1, 0.15) is 12.1 Å². The number of carbonyl (C=O) groups excluding carboxylic acids is 1. The van der Waals surface area contributed by atoms with Crippen LogP contribution in [-0.4, -0.2) is 6.29 Å². The van der Waals surface area contributed by atoms with Gasteiger partial charge < -0.3 is 4.79 Å². The van der Waals surface area contributed by atoms with Gasteiger partial charge in [-0.3, -0.25) is 0 Å². The molecule has 15 heavy (non-hydrogen) atoms. The predicted octanol–water partition coefficient (Wildman–Crippen LogP) is 3.24. The smallest absolute Gasteiger partial charge is 0.303 e. The van der Waals surface area contributed by atoms with Gasteiger partial charge in [0.2, 0.25) is 0 Å². The van der Waals surface area contributed by atoms with Gasteiger partial charge in [0.05, 0.1) is 10.6 Å². The van der Waals surface area contributed by atoms with Crippen molar-refractivity contribution < 1.29 is 22.4 Å². The zero-order valence-corrected chi connectivity index (χ0v) is 7.99. The molecule has 82 valence electrons. The van der Waals surface area contributed by atoms with Crippen molar-refractivity contribution in [1.82, 2.24) is 0 Å². The lowest BCUT2D eigenvalue weighted by atomic mass is 10.1. The largest absolute Gasteiger partial charge is 0.416 e. The van der Waals surface area contributed by atoms with Gasteiger partial charge in [-0.2, -0.15) is 13.2 Å². The molecule has 0 N–H and O–H groups in total. The summed E-state index contributed by atoms with van der Waals surface area (Å²) in [6.07, 6.45) is -4.72. The molecule has 0 bridgehead atoms. The molecule has 0 fully saturated rings. The van der Waals surface area contributed by atoms with E-state index in [1.54, 1.807) is 0 Å². The van der Waals surface area contributed by atoms with E-state index in [0.29, 0.717) is 18.4 Å². The third-order valence-corrected chi connectivity index (χ3v) is 2.01. The summed E-state index contributed by atoms with van der Waals surface area (Å²) in [5.41, 5.74) is -1.42. The van der Waals surface area contributed by atoms with E-state index < -0.39 is 29.0 Å². The zero-order valence-electron chi connectivity index (χ0n) is 7.24. The Morgan fingerprint density at radius 2 is 1.93 bits per heavy atom. The molecule has 1 rings (SSSR count). The number of rotatable bonds is 2. The first-order chi connectivity index (χ1) is 6.86. The monoisotopic (exact) mass is 240 g/mol. The Hall–Kier alpha value is -1.10. The van der Waals surface area contributed by atoms with Crippen molar-refractivity contribution >= 4 is 17.9 Å². The Labute approximate surface area is 87.7 Å². The van der Waals surface area contributed by atoms with E-state index in [2.05, 4.69) is 0 Å². The second kappa shape index (κ2) is 4.18.